The Morgan fingerprint density at radius 1 is 1.25 bits per heavy atom. The van der Waals surface area contributed by atoms with E-state index in [1.165, 1.54) is 11.1 Å². The highest BCUT2D eigenvalue weighted by Crippen LogP contribution is 2.14. The Balaban J connectivity index is 0.00000392. The molecule has 0 saturated carbocycles. The fraction of sp³-hybridized carbons (Fsp3) is 0.500. The van der Waals surface area contributed by atoms with Crippen LogP contribution in [0.25, 0.3) is 0 Å². The molecule has 8 heteroatoms. The first kappa shape index (κ1) is 24.5. The molecule has 1 atom stereocenters. The Labute approximate surface area is 188 Å². The van der Waals surface area contributed by atoms with Gasteiger partial charge in [-0.05, 0) is 50.1 Å². The molecule has 0 saturated heterocycles. The number of thiophene rings is 1. The van der Waals surface area contributed by atoms with E-state index in [-0.39, 0.29) is 29.9 Å². The zero-order valence-corrected chi connectivity index (χ0v) is 19.9. The number of halogens is 1. The van der Waals surface area contributed by atoms with Gasteiger partial charge in [0.1, 0.15) is 0 Å². The lowest BCUT2D eigenvalue weighted by Crippen LogP contribution is -2.39. The summed E-state index contributed by atoms with van der Waals surface area (Å²) in [6.45, 7) is 9.06. The zero-order chi connectivity index (χ0) is 19.5. The minimum Gasteiger partial charge on any atom is -0.459 e. The Hall–Kier alpha value is -1.55. The van der Waals surface area contributed by atoms with Crippen molar-refractivity contribution < 1.29 is 9.21 Å². The van der Waals surface area contributed by atoms with Gasteiger partial charge in [-0.3, -0.25) is 9.79 Å². The number of hydrogen-bond donors (Lipinski definition) is 3. The van der Waals surface area contributed by atoms with Crippen molar-refractivity contribution >= 4 is 47.2 Å². The van der Waals surface area contributed by atoms with Gasteiger partial charge in [0.25, 0.3) is 5.91 Å². The first-order valence-corrected chi connectivity index (χ1v) is 10.3. The van der Waals surface area contributed by atoms with Crippen LogP contribution in [-0.2, 0) is 6.42 Å². The summed E-state index contributed by atoms with van der Waals surface area (Å²) in [4.78, 5) is 18.1. The van der Waals surface area contributed by atoms with Crippen LogP contribution in [0.2, 0.25) is 0 Å². The second kappa shape index (κ2) is 13.6. The fourth-order valence-electron chi connectivity index (χ4n) is 2.61. The van der Waals surface area contributed by atoms with Crippen molar-refractivity contribution in [2.45, 2.75) is 33.6 Å². The van der Waals surface area contributed by atoms with E-state index >= 15 is 0 Å². The van der Waals surface area contributed by atoms with Crippen LogP contribution in [0.3, 0.4) is 0 Å². The van der Waals surface area contributed by atoms with Crippen LogP contribution < -0.4 is 16.0 Å². The largest absolute Gasteiger partial charge is 0.459 e. The van der Waals surface area contributed by atoms with Crippen molar-refractivity contribution in [1.82, 2.24) is 16.0 Å². The third-order valence-electron chi connectivity index (χ3n) is 4.03. The first-order valence-electron chi connectivity index (χ1n) is 9.47. The predicted molar refractivity (Wildman–Crippen MR) is 127 cm³/mol. The quantitative estimate of drug-likeness (QED) is 0.194. The molecule has 0 aliphatic rings. The van der Waals surface area contributed by atoms with E-state index in [4.69, 9.17) is 4.42 Å². The van der Waals surface area contributed by atoms with Gasteiger partial charge in [-0.1, -0.05) is 13.0 Å². The average Bonchev–Trinajstić information content (AvgIpc) is 3.30. The lowest BCUT2D eigenvalue weighted by molar-refractivity contribution is 0.0925. The minimum absolute atomic E-state index is 0. The average molecular weight is 518 g/mol. The molecule has 2 rings (SSSR count). The maximum Gasteiger partial charge on any atom is 0.287 e. The third-order valence-corrected chi connectivity index (χ3v) is 4.93. The second-order valence-corrected chi connectivity index (χ2v) is 7.61. The number of nitrogens with one attached hydrogen (secondary N) is 3. The van der Waals surface area contributed by atoms with E-state index in [2.05, 4.69) is 52.3 Å². The van der Waals surface area contributed by atoms with Gasteiger partial charge in [0, 0.05) is 36.6 Å². The molecule has 1 unspecified atom stereocenters. The molecule has 1 amide bonds. The van der Waals surface area contributed by atoms with Crippen molar-refractivity contribution in [2.75, 3.05) is 26.2 Å². The van der Waals surface area contributed by atoms with Gasteiger partial charge >= 0.3 is 0 Å². The number of nitrogens with zero attached hydrogens (tertiary/aromatic N) is 1. The number of guanidine groups is 1. The number of carbonyl (C=O) groups excluding carboxylic acids is 1. The van der Waals surface area contributed by atoms with Gasteiger partial charge in [-0.2, -0.15) is 0 Å². The van der Waals surface area contributed by atoms with E-state index in [1.807, 2.05) is 6.92 Å². The molecule has 28 heavy (non-hydrogen) atoms. The molecule has 0 aromatic carbocycles. The summed E-state index contributed by atoms with van der Waals surface area (Å²) in [5.74, 6) is 1.54. The summed E-state index contributed by atoms with van der Waals surface area (Å²) in [7, 11) is 0. The van der Waals surface area contributed by atoms with Crippen LogP contribution in [0.4, 0.5) is 0 Å². The summed E-state index contributed by atoms with van der Waals surface area (Å²) < 4.78 is 5.19. The molecule has 0 aliphatic heterocycles. The van der Waals surface area contributed by atoms with E-state index in [0.717, 1.165) is 44.0 Å². The Bertz CT molecular complexity index is 716. The highest BCUT2D eigenvalue weighted by molar-refractivity contribution is 14.0. The lowest BCUT2D eigenvalue weighted by Gasteiger charge is -2.13. The smallest absolute Gasteiger partial charge is 0.287 e. The van der Waals surface area contributed by atoms with E-state index in [0.29, 0.717) is 18.2 Å². The number of aryl methyl sites for hydroxylation is 1. The van der Waals surface area contributed by atoms with E-state index in [9.17, 15) is 4.79 Å². The SMILES string of the molecule is CCNC(=NCC(C)Cc1cccs1)NCCCNC(=O)c1occc1C.I. The van der Waals surface area contributed by atoms with Crippen molar-refractivity contribution in [3.63, 3.8) is 0 Å². The third kappa shape index (κ3) is 8.64. The number of carbonyl (C=O) groups is 1. The molecule has 0 fully saturated rings. The van der Waals surface area contributed by atoms with Gasteiger partial charge in [-0.15, -0.1) is 35.3 Å². The zero-order valence-electron chi connectivity index (χ0n) is 16.8. The van der Waals surface area contributed by atoms with Crippen LogP contribution >= 0.6 is 35.3 Å². The normalized spacial score (nSPS) is 12.2. The number of hydrogen-bond acceptors (Lipinski definition) is 4. The molecule has 2 aromatic heterocycles. The van der Waals surface area contributed by atoms with Crippen molar-refractivity contribution in [3.05, 3.63) is 46.0 Å². The van der Waals surface area contributed by atoms with Crippen LogP contribution in [0.1, 0.15) is 41.3 Å². The molecule has 3 N–H and O–H groups in total. The molecule has 156 valence electrons. The van der Waals surface area contributed by atoms with Gasteiger partial charge in [-0.25, -0.2) is 0 Å². The number of aliphatic imine (C=N–C) groups is 1. The van der Waals surface area contributed by atoms with Crippen molar-refractivity contribution in [3.8, 4) is 0 Å². The summed E-state index contributed by atoms with van der Waals surface area (Å²) >= 11 is 1.80. The summed E-state index contributed by atoms with van der Waals surface area (Å²) in [6, 6.07) is 6.05. The number of amides is 1. The lowest BCUT2D eigenvalue weighted by atomic mass is 10.1. The molecule has 2 heterocycles. The Morgan fingerprint density at radius 2 is 2.04 bits per heavy atom. The van der Waals surface area contributed by atoms with Crippen LogP contribution in [0.15, 0.2) is 39.3 Å². The maximum atomic E-state index is 12.0. The highest BCUT2D eigenvalue weighted by Gasteiger charge is 2.11. The molecule has 0 bridgehead atoms. The van der Waals surface area contributed by atoms with Gasteiger partial charge < -0.3 is 20.4 Å². The standard InChI is InChI=1S/C20H30N4O2S.HI/c1-4-21-20(24-14-15(2)13-17-7-5-12-27-17)23-10-6-9-22-19(25)18-16(3)8-11-26-18;/h5,7-8,11-12,15H,4,6,9-10,13-14H2,1-3H3,(H,22,25)(H2,21,23,24);1H. The van der Waals surface area contributed by atoms with Crippen LogP contribution in [0.5, 0.6) is 0 Å². The number of rotatable bonds is 10. The van der Waals surface area contributed by atoms with E-state index in [1.54, 1.807) is 17.4 Å². The van der Waals surface area contributed by atoms with Crippen LogP contribution in [0, 0.1) is 12.8 Å². The van der Waals surface area contributed by atoms with Crippen LogP contribution in [-0.4, -0.2) is 38.0 Å². The fourth-order valence-corrected chi connectivity index (χ4v) is 3.48. The Kier molecular flexibility index (Phi) is 11.9. The van der Waals surface area contributed by atoms with Crippen molar-refractivity contribution in [1.29, 1.82) is 0 Å². The molecule has 0 aliphatic carbocycles. The second-order valence-electron chi connectivity index (χ2n) is 6.58. The van der Waals surface area contributed by atoms with Gasteiger partial charge in [0.2, 0.25) is 0 Å². The molecule has 0 spiro atoms. The molecular weight excluding hydrogens is 487 g/mol. The topological polar surface area (TPSA) is 78.7 Å². The summed E-state index contributed by atoms with van der Waals surface area (Å²) in [6.07, 6.45) is 3.39. The maximum absolute atomic E-state index is 12.0. The molecular formula is C20H31IN4O2S. The molecule has 6 nitrogen and oxygen atoms in total. The van der Waals surface area contributed by atoms with E-state index < -0.39 is 0 Å². The minimum atomic E-state index is -0.166. The number of furan rings is 1. The summed E-state index contributed by atoms with van der Waals surface area (Å²) in [5.41, 5.74) is 0.851. The molecule has 0 radical (unpaired) electrons. The monoisotopic (exact) mass is 518 g/mol. The predicted octanol–water partition coefficient (Wildman–Crippen LogP) is 3.82. The first-order chi connectivity index (χ1) is 13.1. The highest BCUT2D eigenvalue weighted by atomic mass is 127. The van der Waals surface area contributed by atoms with Crippen molar-refractivity contribution in [2.24, 2.45) is 10.9 Å². The Morgan fingerprint density at radius 3 is 2.68 bits per heavy atom. The van der Waals surface area contributed by atoms with Gasteiger partial charge in [0.15, 0.2) is 11.7 Å². The molecule has 2 aromatic rings. The summed E-state index contributed by atoms with van der Waals surface area (Å²) in [5, 5.41) is 11.6. The van der Waals surface area contributed by atoms with Gasteiger partial charge in [0.05, 0.1) is 6.26 Å².